The monoisotopic (exact) mass is 245 g/mol. The van der Waals surface area contributed by atoms with Crippen LogP contribution < -0.4 is 5.32 Å². The van der Waals surface area contributed by atoms with Gasteiger partial charge >= 0.3 is 0 Å². The van der Waals surface area contributed by atoms with Gasteiger partial charge in [0.1, 0.15) is 0 Å². The van der Waals surface area contributed by atoms with Gasteiger partial charge in [-0.1, -0.05) is 27.7 Å². The quantitative estimate of drug-likeness (QED) is 0.600. The van der Waals surface area contributed by atoms with Crippen LogP contribution in [0.2, 0.25) is 0 Å². The molecule has 0 aliphatic rings. The Bertz CT molecular complexity index is 166. The topological polar surface area (TPSA) is 30.5 Å². The van der Waals surface area contributed by atoms with Gasteiger partial charge in [0.15, 0.2) is 0 Å². The van der Waals surface area contributed by atoms with Crippen LogP contribution in [0.1, 0.15) is 47.0 Å². The summed E-state index contributed by atoms with van der Waals surface area (Å²) in [5.74, 6) is 0. The number of rotatable bonds is 10. The van der Waals surface area contributed by atoms with E-state index in [1.54, 1.807) is 7.11 Å². The van der Waals surface area contributed by atoms with Crippen molar-refractivity contribution in [2.45, 2.75) is 53.0 Å². The van der Waals surface area contributed by atoms with Gasteiger partial charge in [0.2, 0.25) is 0 Å². The molecule has 1 atom stereocenters. The summed E-state index contributed by atoms with van der Waals surface area (Å²) in [6.45, 7) is 12.4. The van der Waals surface area contributed by atoms with Gasteiger partial charge in [-0.25, -0.2) is 0 Å². The molecule has 0 amide bonds. The number of ether oxygens (including phenoxy) is 2. The normalized spacial score (nSPS) is 13.9. The van der Waals surface area contributed by atoms with Crippen LogP contribution >= 0.6 is 0 Å². The molecule has 0 heterocycles. The maximum atomic E-state index is 5.49. The van der Waals surface area contributed by atoms with Gasteiger partial charge in [-0.15, -0.1) is 0 Å². The summed E-state index contributed by atoms with van der Waals surface area (Å²) >= 11 is 0. The van der Waals surface area contributed by atoms with Crippen molar-refractivity contribution >= 4 is 0 Å². The lowest BCUT2D eigenvalue weighted by atomic mass is 9.84. The van der Waals surface area contributed by atoms with Crippen molar-refractivity contribution in [3.8, 4) is 0 Å². The molecule has 0 rings (SSSR count). The first-order valence-electron chi connectivity index (χ1n) is 6.82. The number of nitrogens with one attached hydrogen (secondary N) is 1. The molecule has 104 valence electrons. The number of hydrogen-bond donors (Lipinski definition) is 1. The fourth-order valence-corrected chi connectivity index (χ4v) is 1.79. The van der Waals surface area contributed by atoms with Crippen LogP contribution in [0, 0.1) is 5.41 Å². The van der Waals surface area contributed by atoms with Crippen molar-refractivity contribution in [3.63, 3.8) is 0 Å². The predicted octanol–water partition coefficient (Wildman–Crippen LogP) is 2.84. The predicted molar refractivity (Wildman–Crippen MR) is 73.5 cm³/mol. The maximum Gasteiger partial charge on any atom is 0.0700 e. The molecule has 17 heavy (non-hydrogen) atoms. The molecule has 0 radical (unpaired) electrons. The van der Waals surface area contributed by atoms with Gasteiger partial charge in [0.05, 0.1) is 13.2 Å². The van der Waals surface area contributed by atoms with E-state index < -0.39 is 0 Å². The molecule has 1 N–H and O–H groups in total. The molecule has 0 aromatic rings. The van der Waals surface area contributed by atoms with E-state index in [0.29, 0.717) is 24.7 Å². The summed E-state index contributed by atoms with van der Waals surface area (Å²) in [6.07, 6.45) is 3.48. The summed E-state index contributed by atoms with van der Waals surface area (Å²) in [7, 11) is 1.70. The Morgan fingerprint density at radius 1 is 1.12 bits per heavy atom. The van der Waals surface area contributed by atoms with E-state index in [2.05, 4.69) is 33.0 Å². The van der Waals surface area contributed by atoms with E-state index in [1.807, 2.05) is 0 Å². The van der Waals surface area contributed by atoms with Crippen LogP contribution in [-0.2, 0) is 9.47 Å². The SMILES string of the molecule is CCCNC(CCCOCCOC)C(C)(C)C. The van der Waals surface area contributed by atoms with E-state index >= 15 is 0 Å². The lowest BCUT2D eigenvalue weighted by molar-refractivity contribution is 0.0659. The summed E-state index contributed by atoms with van der Waals surface area (Å²) in [5.41, 5.74) is 0.321. The molecule has 3 heteroatoms. The fraction of sp³-hybridized carbons (Fsp3) is 1.00. The highest BCUT2D eigenvalue weighted by Crippen LogP contribution is 2.22. The Morgan fingerprint density at radius 3 is 2.35 bits per heavy atom. The molecule has 0 aromatic heterocycles. The maximum absolute atomic E-state index is 5.49. The molecule has 3 nitrogen and oxygen atoms in total. The Balaban J connectivity index is 3.69. The summed E-state index contributed by atoms with van der Waals surface area (Å²) in [6, 6.07) is 0.577. The minimum absolute atomic E-state index is 0.321. The van der Waals surface area contributed by atoms with Gasteiger partial charge < -0.3 is 14.8 Å². The molecule has 0 aliphatic heterocycles. The third kappa shape index (κ3) is 9.57. The van der Waals surface area contributed by atoms with Gasteiger partial charge in [-0.3, -0.25) is 0 Å². The molecule has 0 spiro atoms. The van der Waals surface area contributed by atoms with Gasteiger partial charge in [0, 0.05) is 19.8 Å². The molecule has 0 aromatic carbocycles. The average Bonchev–Trinajstić information content (AvgIpc) is 2.25. The standard InChI is InChI=1S/C14H31NO2/c1-6-9-15-13(14(2,3)4)8-7-10-17-12-11-16-5/h13,15H,6-12H2,1-5H3. The van der Waals surface area contributed by atoms with E-state index in [0.717, 1.165) is 19.6 Å². The van der Waals surface area contributed by atoms with Crippen LogP contribution in [0.4, 0.5) is 0 Å². The molecular formula is C14H31NO2. The van der Waals surface area contributed by atoms with Crippen LogP contribution in [0.3, 0.4) is 0 Å². The number of hydrogen-bond acceptors (Lipinski definition) is 3. The zero-order chi connectivity index (χ0) is 13.1. The molecule has 0 bridgehead atoms. The Hall–Kier alpha value is -0.120. The Morgan fingerprint density at radius 2 is 1.82 bits per heavy atom. The fourth-order valence-electron chi connectivity index (χ4n) is 1.79. The second-order valence-electron chi connectivity index (χ2n) is 5.62. The van der Waals surface area contributed by atoms with Crippen LogP contribution in [0.5, 0.6) is 0 Å². The van der Waals surface area contributed by atoms with E-state index in [9.17, 15) is 0 Å². The zero-order valence-corrected chi connectivity index (χ0v) is 12.3. The Labute approximate surface area is 107 Å². The van der Waals surface area contributed by atoms with Crippen LogP contribution in [0.15, 0.2) is 0 Å². The van der Waals surface area contributed by atoms with E-state index in [1.165, 1.54) is 12.8 Å². The second-order valence-corrected chi connectivity index (χ2v) is 5.62. The van der Waals surface area contributed by atoms with E-state index in [-0.39, 0.29) is 0 Å². The van der Waals surface area contributed by atoms with Crippen molar-refractivity contribution in [1.29, 1.82) is 0 Å². The minimum atomic E-state index is 0.321. The van der Waals surface area contributed by atoms with Crippen molar-refractivity contribution in [3.05, 3.63) is 0 Å². The highest BCUT2D eigenvalue weighted by molar-refractivity contribution is 4.80. The Kier molecular flexibility index (Phi) is 9.79. The molecule has 0 saturated heterocycles. The van der Waals surface area contributed by atoms with Crippen molar-refractivity contribution in [1.82, 2.24) is 5.32 Å². The molecule has 0 fully saturated rings. The van der Waals surface area contributed by atoms with Crippen molar-refractivity contribution in [2.75, 3.05) is 33.5 Å². The van der Waals surface area contributed by atoms with Gasteiger partial charge in [-0.2, -0.15) is 0 Å². The molecule has 0 aliphatic carbocycles. The highest BCUT2D eigenvalue weighted by Gasteiger charge is 2.22. The molecular weight excluding hydrogens is 214 g/mol. The first-order valence-corrected chi connectivity index (χ1v) is 6.82. The molecule has 0 saturated carbocycles. The average molecular weight is 245 g/mol. The van der Waals surface area contributed by atoms with Crippen LogP contribution in [0.25, 0.3) is 0 Å². The van der Waals surface area contributed by atoms with Crippen molar-refractivity contribution < 1.29 is 9.47 Å². The largest absolute Gasteiger partial charge is 0.382 e. The van der Waals surface area contributed by atoms with Gasteiger partial charge in [-0.05, 0) is 31.2 Å². The lowest BCUT2D eigenvalue weighted by Gasteiger charge is -2.31. The van der Waals surface area contributed by atoms with Crippen molar-refractivity contribution in [2.24, 2.45) is 5.41 Å². The highest BCUT2D eigenvalue weighted by atomic mass is 16.5. The minimum Gasteiger partial charge on any atom is -0.382 e. The van der Waals surface area contributed by atoms with E-state index in [4.69, 9.17) is 9.47 Å². The first kappa shape index (κ1) is 16.9. The lowest BCUT2D eigenvalue weighted by Crippen LogP contribution is -2.40. The smallest absolute Gasteiger partial charge is 0.0700 e. The first-order chi connectivity index (χ1) is 8.02. The zero-order valence-electron chi connectivity index (χ0n) is 12.3. The third-order valence-electron chi connectivity index (χ3n) is 2.90. The van der Waals surface area contributed by atoms with Crippen LogP contribution in [-0.4, -0.2) is 39.5 Å². The summed E-state index contributed by atoms with van der Waals surface area (Å²) < 4.78 is 10.4. The summed E-state index contributed by atoms with van der Waals surface area (Å²) in [5, 5.41) is 3.63. The summed E-state index contributed by atoms with van der Waals surface area (Å²) in [4.78, 5) is 0. The van der Waals surface area contributed by atoms with Gasteiger partial charge in [0.25, 0.3) is 0 Å². The third-order valence-corrected chi connectivity index (χ3v) is 2.90. The second kappa shape index (κ2) is 9.86. The number of methoxy groups -OCH3 is 1. The molecule has 1 unspecified atom stereocenters.